The van der Waals surface area contributed by atoms with E-state index in [1.807, 2.05) is 0 Å². The van der Waals surface area contributed by atoms with Gasteiger partial charge in [0.1, 0.15) is 18.5 Å². The van der Waals surface area contributed by atoms with Crippen LogP contribution in [0.3, 0.4) is 0 Å². The van der Waals surface area contributed by atoms with E-state index in [1.165, 1.54) is 0 Å². The Hall–Kier alpha value is -0.770. The van der Waals surface area contributed by atoms with E-state index < -0.39 is 6.10 Å². The molecule has 0 fully saturated rings. The molecule has 0 aromatic heterocycles. The molecule has 0 saturated heterocycles. The molecule has 0 aliphatic carbocycles. The monoisotopic (exact) mass is 216 g/mol. The maximum absolute atomic E-state index is 9.12. The number of aliphatic hydroxyl groups excluding tert-OH is 2. The summed E-state index contributed by atoms with van der Waals surface area (Å²) in [6, 6.07) is 7.02. The van der Waals surface area contributed by atoms with Crippen LogP contribution in [0.25, 0.3) is 0 Å². The molecule has 0 aliphatic heterocycles. The highest BCUT2D eigenvalue weighted by Crippen LogP contribution is 2.12. The number of ether oxygens (including phenoxy) is 1. The largest absolute Gasteiger partial charge is 0.491 e. The van der Waals surface area contributed by atoms with Crippen LogP contribution in [-0.2, 0) is 6.61 Å². The highest BCUT2D eigenvalue weighted by atomic mass is 35.5. The van der Waals surface area contributed by atoms with Gasteiger partial charge in [-0.3, -0.25) is 0 Å². The van der Waals surface area contributed by atoms with E-state index in [0.717, 1.165) is 5.56 Å². The first kappa shape index (κ1) is 11.3. The minimum atomic E-state index is -0.644. The van der Waals surface area contributed by atoms with Crippen molar-refractivity contribution in [1.82, 2.24) is 0 Å². The Bertz CT molecular complexity index is 261. The Morgan fingerprint density at radius 2 is 1.93 bits per heavy atom. The molecule has 4 heteroatoms. The van der Waals surface area contributed by atoms with E-state index in [1.54, 1.807) is 24.3 Å². The Balaban J connectivity index is 2.43. The second-order valence-corrected chi connectivity index (χ2v) is 3.23. The number of hydrogen-bond acceptors (Lipinski definition) is 3. The molecule has 0 aliphatic rings. The van der Waals surface area contributed by atoms with Gasteiger partial charge in [-0.05, 0) is 17.7 Å². The molecule has 3 nitrogen and oxygen atoms in total. The van der Waals surface area contributed by atoms with Crippen molar-refractivity contribution in [2.45, 2.75) is 12.7 Å². The summed E-state index contributed by atoms with van der Waals surface area (Å²) >= 11 is 5.40. The van der Waals surface area contributed by atoms with Crippen LogP contribution in [0.4, 0.5) is 0 Å². The van der Waals surface area contributed by atoms with Gasteiger partial charge in [-0.2, -0.15) is 0 Å². The van der Waals surface area contributed by atoms with Gasteiger partial charge in [0, 0.05) is 0 Å². The fourth-order valence-corrected chi connectivity index (χ4v) is 1.02. The number of halogens is 1. The average molecular weight is 217 g/mol. The molecule has 0 radical (unpaired) electrons. The van der Waals surface area contributed by atoms with Gasteiger partial charge >= 0.3 is 0 Å². The fourth-order valence-electron chi connectivity index (χ4n) is 0.928. The molecule has 1 aromatic carbocycles. The standard InChI is InChI=1S/C10H13ClO3/c11-5-9(13)7-14-10-3-1-8(6-12)2-4-10/h1-4,9,12-13H,5-7H2. The van der Waals surface area contributed by atoms with Crippen molar-refractivity contribution in [3.8, 4) is 5.75 Å². The molecule has 0 heterocycles. The van der Waals surface area contributed by atoms with Crippen LogP contribution in [0.5, 0.6) is 5.75 Å². The minimum Gasteiger partial charge on any atom is -0.491 e. The Morgan fingerprint density at radius 1 is 1.29 bits per heavy atom. The summed E-state index contributed by atoms with van der Waals surface area (Å²) in [5.41, 5.74) is 0.829. The van der Waals surface area contributed by atoms with Gasteiger partial charge in [0.15, 0.2) is 0 Å². The molecule has 0 bridgehead atoms. The zero-order valence-electron chi connectivity index (χ0n) is 7.69. The van der Waals surface area contributed by atoms with Crippen molar-refractivity contribution in [2.24, 2.45) is 0 Å². The van der Waals surface area contributed by atoms with Crippen molar-refractivity contribution in [3.63, 3.8) is 0 Å². The molecule has 14 heavy (non-hydrogen) atoms. The van der Waals surface area contributed by atoms with Gasteiger partial charge in [-0.1, -0.05) is 12.1 Å². The maximum Gasteiger partial charge on any atom is 0.119 e. The van der Waals surface area contributed by atoms with Gasteiger partial charge < -0.3 is 14.9 Å². The van der Waals surface area contributed by atoms with Crippen LogP contribution in [0.1, 0.15) is 5.56 Å². The molecule has 2 N–H and O–H groups in total. The third-order valence-electron chi connectivity index (χ3n) is 1.73. The van der Waals surface area contributed by atoms with E-state index in [4.69, 9.17) is 26.6 Å². The third-order valence-corrected chi connectivity index (χ3v) is 2.08. The Morgan fingerprint density at radius 3 is 2.43 bits per heavy atom. The fraction of sp³-hybridized carbons (Fsp3) is 0.400. The molecular weight excluding hydrogens is 204 g/mol. The van der Waals surface area contributed by atoms with Gasteiger partial charge in [0.25, 0.3) is 0 Å². The predicted octanol–water partition coefficient (Wildman–Crippen LogP) is 1.16. The second-order valence-electron chi connectivity index (χ2n) is 2.92. The molecule has 1 aromatic rings. The lowest BCUT2D eigenvalue weighted by atomic mass is 10.2. The van der Waals surface area contributed by atoms with Crippen molar-refractivity contribution in [1.29, 1.82) is 0 Å². The van der Waals surface area contributed by atoms with Crippen LogP contribution in [0.15, 0.2) is 24.3 Å². The van der Waals surface area contributed by atoms with Crippen molar-refractivity contribution in [2.75, 3.05) is 12.5 Å². The van der Waals surface area contributed by atoms with Crippen LogP contribution >= 0.6 is 11.6 Å². The van der Waals surface area contributed by atoms with Crippen molar-refractivity contribution < 1.29 is 14.9 Å². The average Bonchev–Trinajstić information content (AvgIpc) is 2.26. The highest BCUT2D eigenvalue weighted by Gasteiger charge is 2.02. The zero-order chi connectivity index (χ0) is 10.4. The normalized spacial score (nSPS) is 12.5. The Kier molecular flexibility index (Phi) is 4.73. The number of hydrogen-bond donors (Lipinski definition) is 2. The number of alkyl halides is 1. The first-order valence-corrected chi connectivity index (χ1v) is 4.86. The molecule has 0 amide bonds. The third kappa shape index (κ3) is 3.54. The van der Waals surface area contributed by atoms with Crippen LogP contribution in [0, 0.1) is 0 Å². The van der Waals surface area contributed by atoms with Gasteiger partial charge in [0.05, 0.1) is 12.5 Å². The number of aliphatic hydroxyl groups is 2. The van der Waals surface area contributed by atoms with E-state index in [-0.39, 0.29) is 19.1 Å². The molecule has 1 atom stereocenters. The van der Waals surface area contributed by atoms with E-state index >= 15 is 0 Å². The smallest absolute Gasteiger partial charge is 0.119 e. The topological polar surface area (TPSA) is 49.7 Å². The predicted molar refractivity (Wildman–Crippen MR) is 54.6 cm³/mol. The zero-order valence-corrected chi connectivity index (χ0v) is 8.44. The Labute approximate surface area is 87.9 Å². The summed E-state index contributed by atoms with van der Waals surface area (Å²) in [6.07, 6.45) is -0.644. The summed E-state index contributed by atoms with van der Waals surface area (Å²) in [4.78, 5) is 0. The molecule has 78 valence electrons. The first-order chi connectivity index (χ1) is 6.76. The summed E-state index contributed by atoms with van der Waals surface area (Å²) in [6.45, 7) is 0.201. The quantitative estimate of drug-likeness (QED) is 0.727. The summed E-state index contributed by atoms with van der Waals surface area (Å²) in [5.74, 6) is 0.820. The number of rotatable bonds is 5. The molecule has 0 spiro atoms. The summed E-state index contributed by atoms with van der Waals surface area (Å²) in [7, 11) is 0. The van der Waals surface area contributed by atoms with E-state index in [2.05, 4.69) is 0 Å². The molecular formula is C10H13ClO3. The summed E-state index contributed by atoms with van der Waals surface area (Å²) < 4.78 is 5.24. The van der Waals surface area contributed by atoms with Crippen molar-refractivity contribution >= 4 is 11.6 Å². The highest BCUT2D eigenvalue weighted by molar-refractivity contribution is 6.18. The summed E-state index contributed by atoms with van der Waals surface area (Å²) in [5, 5.41) is 17.9. The minimum absolute atomic E-state index is 0.0184. The van der Waals surface area contributed by atoms with E-state index in [0.29, 0.717) is 5.75 Å². The van der Waals surface area contributed by atoms with Gasteiger partial charge in [-0.15, -0.1) is 11.6 Å². The lowest BCUT2D eigenvalue weighted by Crippen LogP contribution is -2.18. The van der Waals surface area contributed by atoms with Crippen LogP contribution in [-0.4, -0.2) is 28.8 Å². The number of benzene rings is 1. The lowest BCUT2D eigenvalue weighted by Gasteiger charge is -2.09. The molecule has 1 rings (SSSR count). The second kappa shape index (κ2) is 5.86. The maximum atomic E-state index is 9.12. The van der Waals surface area contributed by atoms with Crippen LogP contribution < -0.4 is 4.74 Å². The molecule has 0 saturated carbocycles. The first-order valence-electron chi connectivity index (χ1n) is 4.33. The lowest BCUT2D eigenvalue weighted by molar-refractivity contribution is 0.125. The van der Waals surface area contributed by atoms with Crippen molar-refractivity contribution in [3.05, 3.63) is 29.8 Å². The van der Waals surface area contributed by atoms with Gasteiger partial charge in [0.2, 0.25) is 0 Å². The van der Waals surface area contributed by atoms with E-state index in [9.17, 15) is 0 Å². The molecule has 1 unspecified atom stereocenters. The van der Waals surface area contributed by atoms with Crippen LogP contribution in [0.2, 0.25) is 0 Å². The van der Waals surface area contributed by atoms with Gasteiger partial charge in [-0.25, -0.2) is 0 Å². The SMILES string of the molecule is OCc1ccc(OCC(O)CCl)cc1.